The first-order valence-electron chi connectivity index (χ1n) is 8.96. The Morgan fingerprint density at radius 2 is 1.64 bits per heavy atom. The molecular formula is C18H25N3O4. The topological polar surface area (TPSA) is 94.0 Å². The highest BCUT2D eigenvalue weighted by Gasteiger charge is 2.40. The number of carbonyl (C=O) groups excluding carboxylic acids is 1. The number of anilines is 1. The van der Waals surface area contributed by atoms with E-state index in [0.29, 0.717) is 5.56 Å². The van der Waals surface area contributed by atoms with E-state index in [9.17, 15) is 14.7 Å². The lowest BCUT2D eigenvalue weighted by Gasteiger charge is -2.35. The van der Waals surface area contributed by atoms with Crippen LogP contribution in [0.1, 0.15) is 48.9 Å². The molecule has 3 rings (SSSR count). The molecule has 2 fully saturated rings. The van der Waals surface area contributed by atoms with Gasteiger partial charge < -0.3 is 20.0 Å². The number of likely N-dealkylation sites (tertiary alicyclic amines) is 1. The van der Waals surface area contributed by atoms with E-state index in [2.05, 4.69) is 9.88 Å². The van der Waals surface area contributed by atoms with Gasteiger partial charge in [0.05, 0.1) is 5.56 Å². The number of aromatic nitrogens is 1. The SMILES string of the molecule is O=C(c1ccc(N2CCCCCC2)nc1)N1CCC(O)(C(=O)O)CC1. The first kappa shape index (κ1) is 17.7. The molecule has 25 heavy (non-hydrogen) atoms. The molecule has 3 heterocycles. The number of carboxylic acid groups (broad SMARTS) is 1. The summed E-state index contributed by atoms with van der Waals surface area (Å²) in [6.45, 7) is 2.46. The Bertz CT molecular complexity index is 616. The molecular weight excluding hydrogens is 322 g/mol. The number of nitrogens with zero attached hydrogens (tertiary/aromatic N) is 3. The third-order valence-corrected chi connectivity index (χ3v) is 5.20. The molecule has 0 spiro atoms. The molecule has 1 amide bonds. The van der Waals surface area contributed by atoms with Gasteiger partial charge >= 0.3 is 5.97 Å². The predicted molar refractivity (Wildman–Crippen MR) is 92.6 cm³/mol. The molecule has 7 heteroatoms. The van der Waals surface area contributed by atoms with E-state index in [0.717, 1.165) is 18.9 Å². The number of aliphatic carboxylic acids is 1. The number of hydrogen-bond donors (Lipinski definition) is 2. The van der Waals surface area contributed by atoms with Gasteiger partial charge in [0.2, 0.25) is 0 Å². The van der Waals surface area contributed by atoms with Crippen molar-refractivity contribution in [1.82, 2.24) is 9.88 Å². The fraction of sp³-hybridized carbons (Fsp3) is 0.611. The first-order valence-corrected chi connectivity index (χ1v) is 8.96. The van der Waals surface area contributed by atoms with E-state index in [-0.39, 0.29) is 31.8 Å². The Morgan fingerprint density at radius 3 is 2.16 bits per heavy atom. The van der Waals surface area contributed by atoms with E-state index in [1.807, 2.05) is 6.07 Å². The van der Waals surface area contributed by atoms with Crippen molar-refractivity contribution in [3.05, 3.63) is 23.9 Å². The quantitative estimate of drug-likeness (QED) is 0.861. The van der Waals surface area contributed by atoms with Crippen molar-refractivity contribution in [2.75, 3.05) is 31.1 Å². The molecule has 1 aromatic heterocycles. The number of amides is 1. The van der Waals surface area contributed by atoms with Crippen molar-refractivity contribution >= 4 is 17.7 Å². The summed E-state index contributed by atoms with van der Waals surface area (Å²) >= 11 is 0. The average molecular weight is 347 g/mol. The van der Waals surface area contributed by atoms with Crippen LogP contribution in [0.5, 0.6) is 0 Å². The van der Waals surface area contributed by atoms with Crippen LogP contribution in [0.15, 0.2) is 18.3 Å². The monoisotopic (exact) mass is 347 g/mol. The number of piperidine rings is 1. The summed E-state index contributed by atoms with van der Waals surface area (Å²) in [5.41, 5.74) is -1.22. The molecule has 0 unspecified atom stereocenters. The lowest BCUT2D eigenvalue weighted by molar-refractivity contribution is -0.162. The van der Waals surface area contributed by atoms with E-state index < -0.39 is 11.6 Å². The van der Waals surface area contributed by atoms with Crippen molar-refractivity contribution in [2.45, 2.75) is 44.1 Å². The van der Waals surface area contributed by atoms with Crippen molar-refractivity contribution in [2.24, 2.45) is 0 Å². The molecule has 2 aliphatic rings. The summed E-state index contributed by atoms with van der Waals surface area (Å²) in [5, 5.41) is 19.0. The third kappa shape index (κ3) is 3.92. The largest absolute Gasteiger partial charge is 0.479 e. The van der Waals surface area contributed by atoms with Crippen LogP contribution in [-0.2, 0) is 4.79 Å². The lowest BCUT2D eigenvalue weighted by Crippen LogP contribution is -2.50. The molecule has 2 aliphatic heterocycles. The lowest BCUT2D eigenvalue weighted by atomic mass is 9.91. The van der Waals surface area contributed by atoms with E-state index in [4.69, 9.17) is 5.11 Å². The van der Waals surface area contributed by atoms with Crippen LogP contribution < -0.4 is 4.90 Å². The Hall–Kier alpha value is -2.15. The number of carbonyl (C=O) groups is 2. The van der Waals surface area contributed by atoms with Gasteiger partial charge in [0.15, 0.2) is 5.60 Å². The zero-order valence-electron chi connectivity index (χ0n) is 14.4. The highest BCUT2D eigenvalue weighted by atomic mass is 16.4. The van der Waals surface area contributed by atoms with E-state index in [1.54, 1.807) is 17.2 Å². The van der Waals surface area contributed by atoms with Crippen molar-refractivity contribution < 1.29 is 19.8 Å². The van der Waals surface area contributed by atoms with Gasteiger partial charge in [-0.3, -0.25) is 4.79 Å². The highest BCUT2D eigenvalue weighted by Crippen LogP contribution is 2.24. The smallest absolute Gasteiger partial charge is 0.335 e. The minimum Gasteiger partial charge on any atom is -0.479 e. The summed E-state index contributed by atoms with van der Waals surface area (Å²) in [4.78, 5) is 31.9. The van der Waals surface area contributed by atoms with Gasteiger partial charge in [0.1, 0.15) is 5.82 Å². The highest BCUT2D eigenvalue weighted by molar-refractivity contribution is 5.94. The Balaban J connectivity index is 1.62. The number of hydrogen-bond acceptors (Lipinski definition) is 5. The van der Waals surface area contributed by atoms with Crippen LogP contribution in [0.4, 0.5) is 5.82 Å². The zero-order chi connectivity index (χ0) is 17.9. The summed E-state index contributed by atoms with van der Waals surface area (Å²) < 4.78 is 0. The fourth-order valence-electron chi connectivity index (χ4n) is 3.48. The van der Waals surface area contributed by atoms with E-state index in [1.165, 1.54) is 25.7 Å². The molecule has 0 atom stereocenters. The standard InChI is InChI=1S/C18H25N3O4/c22-16(21-11-7-18(25,8-12-21)17(23)24)14-5-6-15(19-13-14)20-9-3-1-2-4-10-20/h5-6,13,25H,1-4,7-12H2,(H,23,24). The minimum absolute atomic E-state index is 0.0490. The Morgan fingerprint density at radius 1 is 1.00 bits per heavy atom. The van der Waals surface area contributed by atoms with Crippen LogP contribution in [0.2, 0.25) is 0 Å². The third-order valence-electron chi connectivity index (χ3n) is 5.20. The van der Waals surface area contributed by atoms with Crippen molar-refractivity contribution in [1.29, 1.82) is 0 Å². The molecule has 0 bridgehead atoms. The molecule has 1 aromatic rings. The van der Waals surface area contributed by atoms with Gasteiger partial charge in [-0.2, -0.15) is 0 Å². The summed E-state index contributed by atoms with van der Waals surface area (Å²) in [6, 6.07) is 3.67. The fourth-order valence-corrected chi connectivity index (χ4v) is 3.48. The van der Waals surface area contributed by atoms with Crippen LogP contribution >= 0.6 is 0 Å². The second kappa shape index (κ2) is 7.39. The normalized spacial score (nSPS) is 20.8. The van der Waals surface area contributed by atoms with Crippen molar-refractivity contribution in [3.63, 3.8) is 0 Å². The van der Waals surface area contributed by atoms with Crippen LogP contribution in [0.3, 0.4) is 0 Å². The zero-order valence-corrected chi connectivity index (χ0v) is 14.4. The molecule has 7 nitrogen and oxygen atoms in total. The van der Waals surface area contributed by atoms with Gasteiger partial charge in [-0.1, -0.05) is 12.8 Å². The van der Waals surface area contributed by atoms with Gasteiger partial charge in [-0.15, -0.1) is 0 Å². The summed E-state index contributed by atoms with van der Waals surface area (Å²) in [7, 11) is 0. The Labute approximate surface area is 147 Å². The Kier molecular flexibility index (Phi) is 5.22. The summed E-state index contributed by atoms with van der Waals surface area (Å²) in [6.07, 6.45) is 6.54. The average Bonchev–Trinajstić information content (AvgIpc) is 2.91. The molecule has 0 aliphatic carbocycles. The molecule has 0 aromatic carbocycles. The van der Waals surface area contributed by atoms with Crippen LogP contribution in [0.25, 0.3) is 0 Å². The second-order valence-corrected chi connectivity index (χ2v) is 6.94. The molecule has 0 radical (unpaired) electrons. The van der Waals surface area contributed by atoms with Crippen molar-refractivity contribution in [3.8, 4) is 0 Å². The van der Waals surface area contributed by atoms with Crippen LogP contribution in [-0.4, -0.2) is 63.8 Å². The maximum absolute atomic E-state index is 12.6. The number of carboxylic acids is 1. The molecule has 2 N–H and O–H groups in total. The van der Waals surface area contributed by atoms with Gasteiger partial charge in [0.25, 0.3) is 5.91 Å². The maximum Gasteiger partial charge on any atom is 0.335 e. The van der Waals surface area contributed by atoms with Gasteiger partial charge in [-0.05, 0) is 25.0 Å². The number of pyridine rings is 1. The van der Waals surface area contributed by atoms with Crippen LogP contribution in [0, 0.1) is 0 Å². The molecule has 0 saturated carbocycles. The summed E-state index contributed by atoms with van der Waals surface area (Å²) in [5.74, 6) is -0.484. The number of rotatable bonds is 3. The first-order chi connectivity index (χ1) is 12.0. The predicted octanol–water partition coefficient (Wildman–Crippen LogP) is 1.51. The molecule has 2 saturated heterocycles. The van der Waals surface area contributed by atoms with Gasteiger partial charge in [-0.25, -0.2) is 9.78 Å². The molecule has 136 valence electrons. The van der Waals surface area contributed by atoms with E-state index >= 15 is 0 Å². The minimum atomic E-state index is -1.72. The van der Waals surface area contributed by atoms with Gasteiger partial charge in [0, 0.05) is 45.2 Å². The second-order valence-electron chi connectivity index (χ2n) is 6.94. The maximum atomic E-state index is 12.6. The number of aliphatic hydroxyl groups is 1.